The lowest BCUT2D eigenvalue weighted by molar-refractivity contribution is -0.142. The summed E-state index contributed by atoms with van der Waals surface area (Å²) in [4.78, 5) is 11.0. The summed E-state index contributed by atoms with van der Waals surface area (Å²) in [6.45, 7) is 3.74. The quantitative estimate of drug-likeness (QED) is 0.802. The molecule has 1 atom stereocenters. The zero-order valence-corrected chi connectivity index (χ0v) is 11.9. The zero-order chi connectivity index (χ0) is 13.8. The van der Waals surface area contributed by atoms with Crippen molar-refractivity contribution in [3.63, 3.8) is 0 Å². The number of hydrogen-bond donors (Lipinski definition) is 2. The summed E-state index contributed by atoms with van der Waals surface area (Å²) in [5.74, 6) is -1.46. The topological polar surface area (TPSA) is 83.5 Å². The molecule has 1 rings (SSSR count). The van der Waals surface area contributed by atoms with E-state index in [1.807, 2.05) is 13.8 Å². The molecule has 7 heteroatoms. The van der Waals surface area contributed by atoms with Crippen molar-refractivity contribution >= 4 is 27.3 Å². The van der Waals surface area contributed by atoms with E-state index in [0.29, 0.717) is 6.42 Å². The molecular weight excluding hydrogens is 274 g/mol. The number of hydrogen-bond acceptors (Lipinski definition) is 4. The molecule has 0 aromatic carbocycles. The predicted molar refractivity (Wildman–Crippen MR) is 70.1 cm³/mol. The van der Waals surface area contributed by atoms with E-state index in [0.717, 1.165) is 11.3 Å². The van der Waals surface area contributed by atoms with Gasteiger partial charge in [0, 0.05) is 6.54 Å². The van der Waals surface area contributed by atoms with Gasteiger partial charge in [-0.3, -0.25) is 4.79 Å². The van der Waals surface area contributed by atoms with Gasteiger partial charge in [0.2, 0.25) is 10.0 Å². The van der Waals surface area contributed by atoms with E-state index < -0.39 is 21.9 Å². The van der Waals surface area contributed by atoms with Gasteiger partial charge in [-0.15, -0.1) is 11.3 Å². The molecule has 2 N–H and O–H groups in total. The maximum atomic E-state index is 11.8. The molecule has 0 saturated heterocycles. The third-order valence-corrected chi connectivity index (χ3v) is 5.21. The summed E-state index contributed by atoms with van der Waals surface area (Å²) >= 11 is 1.11. The van der Waals surface area contributed by atoms with E-state index in [1.165, 1.54) is 6.07 Å². The maximum absolute atomic E-state index is 11.8. The molecule has 0 bridgehead atoms. The lowest BCUT2D eigenvalue weighted by Crippen LogP contribution is -2.33. The number of sulfonamides is 1. The molecule has 0 aliphatic carbocycles. The van der Waals surface area contributed by atoms with Gasteiger partial charge in [0.25, 0.3) is 0 Å². The average Bonchev–Trinajstić information content (AvgIpc) is 2.77. The van der Waals surface area contributed by atoms with Crippen molar-refractivity contribution in [2.75, 3.05) is 6.54 Å². The van der Waals surface area contributed by atoms with Gasteiger partial charge in [0.1, 0.15) is 4.21 Å². The Hall–Kier alpha value is -0.920. The third kappa shape index (κ3) is 4.40. The van der Waals surface area contributed by atoms with Gasteiger partial charge in [-0.2, -0.15) is 0 Å². The highest BCUT2D eigenvalue weighted by atomic mass is 32.2. The number of thiophene rings is 1. The van der Waals surface area contributed by atoms with Gasteiger partial charge in [-0.05, 0) is 23.8 Å². The molecule has 5 nitrogen and oxygen atoms in total. The summed E-state index contributed by atoms with van der Waals surface area (Å²) in [7, 11) is -3.58. The lowest BCUT2D eigenvalue weighted by atomic mass is 9.98. The second kappa shape index (κ2) is 6.31. The first kappa shape index (κ1) is 15.1. The Kier molecular flexibility index (Phi) is 5.30. The fraction of sp³-hybridized carbons (Fsp3) is 0.545. The summed E-state index contributed by atoms with van der Waals surface area (Å²) < 4.78 is 26.2. The van der Waals surface area contributed by atoms with Crippen molar-refractivity contribution in [1.29, 1.82) is 0 Å². The Morgan fingerprint density at radius 2 is 2.17 bits per heavy atom. The van der Waals surface area contributed by atoms with E-state index in [1.54, 1.807) is 11.4 Å². The molecule has 0 aliphatic heterocycles. The van der Waals surface area contributed by atoms with Crippen LogP contribution in [0.25, 0.3) is 0 Å². The average molecular weight is 291 g/mol. The Labute approximate surface area is 111 Å². The molecule has 1 aromatic rings. The predicted octanol–water partition coefficient (Wildman–Crippen LogP) is 1.77. The minimum atomic E-state index is -3.58. The van der Waals surface area contributed by atoms with Gasteiger partial charge in [0.05, 0.1) is 5.92 Å². The molecule has 0 amide bonds. The molecule has 0 fully saturated rings. The van der Waals surface area contributed by atoms with Crippen molar-refractivity contribution in [3.05, 3.63) is 17.5 Å². The van der Waals surface area contributed by atoms with E-state index >= 15 is 0 Å². The standard InChI is InChI=1S/C11H17NO4S2/c1-8(2)6-9(11(13)14)7-12-18(15,16)10-4-3-5-17-10/h3-5,8-9,12H,6-7H2,1-2H3,(H,13,14). The SMILES string of the molecule is CC(C)CC(CNS(=O)(=O)c1cccs1)C(=O)O. The van der Waals surface area contributed by atoms with Crippen LogP contribution < -0.4 is 4.72 Å². The van der Waals surface area contributed by atoms with Crippen molar-refractivity contribution in [2.45, 2.75) is 24.5 Å². The van der Waals surface area contributed by atoms with Gasteiger partial charge in [-0.1, -0.05) is 19.9 Å². The Bertz CT molecular complexity index is 479. The van der Waals surface area contributed by atoms with E-state index in [-0.39, 0.29) is 16.7 Å². The molecule has 0 spiro atoms. The van der Waals surface area contributed by atoms with Crippen LogP contribution in [0, 0.1) is 11.8 Å². The minimum Gasteiger partial charge on any atom is -0.481 e. The molecule has 1 unspecified atom stereocenters. The van der Waals surface area contributed by atoms with Crippen LogP contribution in [0.15, 0.2) is 21.7 Å². The molecular formula is C11H17NO4S2. The highest BCUT2D eigenvalue weighted by molar-refractivity contribution is 7.91. The number of carboxylic acid groups (broad SMARTS) is 1. The van der Waals surface area contributed by atoms with Crippen LogP contribution in [-0.4, -0.2) is 26.0 Å². The van der Waals surface area contributed by atoms with Gasteiger partial charge < -0.3 is 5.11 Å². The van der Waals surface area contributed by atoms with Gasteiger partial charge >= 0.3 is 5.97 Å². The number of nitrogens with one attached hydrogen (secondary N) is 1. The van der Waals surface area contributed by atoms with Crippen LogP contribution in [0.1, 0.15) is 20.3 Å². The van der Waals surface area contributed by atoms with Crippen molar-refractivity contribution in [1.82, 2.24) is 4.72 Å². The number of carbonyl (C=O) groups is 1. The second-order valence-corrected chi connectivity index (χ2v) is 7.39. The highest BCUT2D eigenvalue weighted by Gasteiger charge is 2.22. The van der Waals surface area contributed by atoms with Crippen LogP contribution in [0.2, 0.25) is 0 Å². The van der Waals surface area contributed by atoms with Gasteiger partial charge in [0.15, 0.2) is 0 Å². The summed E-state index contributed by atoms with van der Waals surface area (Å²) in [5.41, 5.74) is 0. The van der Waals surface area contributed by atoms with Crippen LogP contribution in [0.4, 0.5) is 0 Å². The summed E-state index contributed by atoms with van der Waals surface area (Å²) in [5, 5.41) is 10.7. The zero-order valence-electron chi connectivity index (χ0n) is 10.3. The first-order valence-corrected chi connectivity index (χ1v) is 7.95. The fourth-order valence-corrected chi connectivity index (χ4v) is 3.66. The molecule has 18 heavy (non-hydrogen) atoms. The normalized spacial score (nSPS) is 13.7. The van der Waals surface area contributed by atoms with Crippen LogP contribution in [0.5, 0.6) is 0 Å². The maximum Gasteiger partial charge on any atom is 0.307 e. The number of aliphatic carboxylic acids is 1. The molecule has 1 aromatic heterocycles. The van der Waals surface area contributed by atoms with Crippen molar-refractivity contribution in [2.24, 2.45) is 11.8 Å². The molecule has 1 heterocycles. The molecule has 102 valence electrons. The van der Waals surface area contributed by atoms with Gasteiger partial charge in [-0.25, -0.2) is 13.1 Å². The Morgan fingerprint density at radius 1 is 1.50 bits per heavy atom. The number of rotatable bonds is 7. The minimum absolute atomic E-state index is 0.0756. The van der Waals surface area contributed by atoms with Crippen molar-refractivity contribution < 1.29 is 18.3 Å². The van der Waals surface area contributed by atoms with Crippen LogP contribution >= 0.6 is 11.3 Å². The van der Waals surface area contributed by atoms with Crippen LogP contribution in [-0.2, 0) is 14.8 Å². The largest absolute Gasteiger partial charge is 0.481 e. The lowest BCUT2D eigenvalue weighted by Gasteiger charge is -2.15. The van der Waals surface area contributed by atoms with Crippen molar-refractivity contribution in [3.8, 4) is 0 Å². The Morgan fingerprint density at radius 3 is 2.61 bits per heavy atom. The monoisotopic (exact) mass is 291 g/mol. The molecule has 0 radical (unpaired) electrons. The first-order valence-electron chi connectivity index (χ1n) is 5.59. The summed E-state index contributed by atoms with van der Waals surface area (Å²) in [6.07, 6.45) is 0.447. The van der Waals surface area contributed by atoms with E-state index in [9.17, 15) is 13.2 Å². The number of carboxylic acids is 1. The Balaban J connectivity index is 2.65. The first-order chi connectivity index (χ1) is 8.33. The molecule has 0 saturated carbocycles. The van der Waals surface area contributed by atoms with Crippen LogP contribution in [0.3, 0.4) is 0 Å². The third-order valence-electron chi connectivity index (χ3n) is 2.38. The fourth-order valence-electron chi connectivity index (χ4n) is 1.54. The highest BCUT2D eigenvalue weighted by Crippen LogP contribution is 2.17. The van der Waals surface area contributed by atoms with E-state index in [2.05, 4.69) is 4.72 Å². The second-order valence-electron chi connectivity index (χ2n) is 4.45. The molecule has 0 aliphatic rings. The smallest absolute Gasteiger partial charge is 0.307 e. The summed E-state index contributed by atoms with van der Waals surface area (Å²) in [6, 6.07) is 3.13. The van der Waals surface area contributed by atoms with E-state index in [4.69, 9.17) is 5.11 Å².